The van der Waals surface area contributed by atoms with Crippen LogP contribution in [-0.4, -0.2) is 23.7 Å². The van der Waals surface area contributed by atoms with Crippen LogP contribution in [0, 0.1) is 6.92 Å². The van der Waals surface area contributed by atoms with Crippen LogP contribution in [0.25, 0.3) is 0 Å². The standard InChI is InChI=1S/C12H19N3O/c1-9-7-10(13)11(14-8-9)15-12(2)3-5-16-6-4-12/h7-8H,3-6,13H2,1-2H3,(H,14,15). The molecule has 0 atom stereocenters. The van der Waals surface area contributed by atoms with E-state index in [1.54, 1.807) is 0 Å². The summed E-state index contributed by atoms with van der Waals surface area (Å²) in [5.41, 5.74) is 7.79. The third-order valence-corrected chi connectivity index (χ3v) is 3.07. The van der Waals surface area contributed by atoms with Gasteiger partial charge < -0.3 is 15.8 Å². The molecule has 1 aliphatic heterocycles. The van der Waals surface area contributed by atoms with Crippen LogP contribution in [0.15, 0.2) is 12.3 Å². The molecule has 1 fully saturated rings. The number of aromatic nitrogens is 1. The quantitative estimate of drug-likeness (QED) is 0.801. The molecule has 1 saturated heterocycles. The number of pyridine rings is 1. The molecule has 88 valence electrons. The lowest BCUT2D eigenvalue weighted by Crippen LogP contribution is -2.41. The summed E-state index contributed by atoms with van der Waals surface area (Å²) in [5, 5.41) is 3.44. The summed E-state index contributed by atoms with van der Waals surface area (Å²) >= 11 is 0. The molecule has 0 bridgehead atoms. The highest BCUT2D eigenvalue weighted by molar-refractivity contribution is 5.62. The number of hydrogen-bond acceptors (Lipinski definition) is 4. The van der Waals surface area contributed by atoms with Gasteiger partial charge in [0.1, 0.15) is 5.82 Å². The summed E-state index contributed by atoms with van der Waals surface area (Å²) in [5.74, 6) is 0.787. The number of aryl methyl sites for hydroxylation is 1. The summed E-state index contributed by atoms with van der Waals surface area (Å²) in [6.45, 7) is 5.78. The van der Waals surface area contributed by atoms with Crippen molar-refractivity contribution in [2.45, 2.75) is 32.2 Å². The number of ether oxygens (including phenoxy) is 1. The summed E-state index contributed by atoms with van der Waals surface area (Å²) < 4.78 is 5.36. The predicted molar refractivity (Wildman–Crippen MR) is 65.5 cm³/mol. The van der Waals surface area contributed by atoms with Crippen molar-refractivity contribution in [3.8, 4) is 0 Å². The minimum Gasteiger partial charge on any atom is -0.396 e. The molecule has 0 amide bonds. The lowest BCUT2D eigenvalue weighted by atomic mass is 9.92. The van der Waals surface area contributed by atoms with Gasteiger partial charge in [0.05, 0.1) is 5.69 Å². The van der Waals surface area contributed by atoms with Gasteiger partial charge in [-0.1, -0.05) is 0 Å². The monoisotopic (exact) mass is 221 g/mol. The van der Waals surface area contributed by atoms with Crippen molar-refractivity contribution in [1.29, 1.82) is 0 Å². The first-order valence-corrected chi connectivity index (χ1v) is 5.67. The third-order valence-electron chi connectivity index (χ3n) is 3.07. The van der Waals surface area contributed by atoms with Crippen LogP contribution in [0.4, 0.5) is 11.5 Å². The van der Waals surface area contributed by atoms with E-state index in [1.807, 2.05) is 19.2 Å². The Morgan fingerprint density at radius 3 is 2.75 bits per heavy atom. The molecule has 1 aliphatic rings. The summed E-state index contributed by atoms with van der Waals surface area (Å²) in [7, 11) is 0. The normalized spacial score (nSPS) is 19.4. The van der Waals surface area contributed by atoms with E-state index < -0.39 is 0 Å². The fourth-order valence-corrected chi connectivity index (χ4v) is 1.93. The van der Waals surface area contributed by atoms with Crippen LogP contribution in [0.1, 0.15) is 25.3 Å². The van der Waals surface area contributed by atoms with E-state index in [0.717, 1.165) is 37.4 Å². The molecular weight excluding hydrogens is 202 g/mol. The van der Waals surface area contributed by atoms with E-state index in [9.17, 15) is 0 Å². The third kappa shape index (κ3) is 2.44. The fraction of sp³-hybridized carbons (Fsp3) is 0.583. The van der Waals surface area contributed by atoms with Crippen LogP contribution < -0.4 is 11.1 Å². The Kier molecular flexibility index (Phi) is 3.01. The van der Waals surface area contributed by atoms with Gasteiger partial charge in [0.25, 0.3) is 0 Å². The van der Waals surface area contributed by atoms with Crippen molar-refractivity contribution in [3.05, 3.63) is 17.8 Å². The molecule has 4 nitrogen and oxygen atoms in total. The van der Waals surface area contributed by atoms with E-state index in [-0.39, 0.29) is 5.54 Å². The highest BCUT2D eigenvalue weighted by atomic mass is 16.5. The van der Waals surface area contributed by atoms with Crippen LogP contribution >= 0.6 is 0 Å². The van der Waals surface area contributed by atoms with Crippen molar-refractivity contribution < 1.29 is 4.74 Å². The number of anilines is 2. The van der Waals surface area contributed by atoms with E-state index >= 15 is 0 Å². The van der Waals surface area contributed by atoms with Crippen LogP contribution in [0.2, 0.25) is 0 Å². The Morgan fingerprint density at radius 2 is 2.12 bits per heavy atom. The first kappa shape index (κ1) is 11.2. The maximum atomic E-state index is 5.94. The molecule has 0 aliphatic carbocycles. The molecule has 16 heavy (non-hydrogen) atoms. The molecule has 1 aromatic rings. The number of hydrogen-bond donors (Lipinski definition) is 2. The highest BCUT2D eigenvalue weighted by Crippen LogP contribution is 2.27. The van der Waals surface area contributed by atoms with Crippen LogP contribution in [0.5, 0.6) is 0 Å². The summed E-state index contributed by atoms with van der Waals surface area (Å²) in [6.07, 6.45) is 3.81. The van der Waals surface area contributed by atoms with Gasteiger partial charge >= 0.3 is 0 Å². The van der Waals surface area contributed by atoms with E-state index in [0.29, 0.717) is 5.69 Å². The van der Waals surface area contributed by atoms with Crippen LogP contribution in [0.3, 0.4) is 0 Å². The Balaban J connectivity index is 2.13. The van der Waals surface area contributed by atoms with E-state index in [4.69, 9.17) is 10.5 Å². The molecule has 0 unspecified atom stereocenters. The smallest absolute Gasteiger partial charge is 0.149 e. The Hall–Kier alpha value is -1.29. The Morgan fingerprint density at radius 1 is 1.44 bits per heavy atom. The second kappa shape index (κ2) is 4.29. The van der Waals surface area contributed by atoms with Gasteiger partial charge in [-0.2, -0.15) is 0 Å². The lowest BCUT2D eigenvalue weighted by Gasteiger charge is -2.35. The largest absolute Gasteiger partial charge is 0.396 e. The molecular formula is C12H19N3O. The molecule has 0 saturated carbocycles. The Labute approximate surface area is 96.2 Å². The maximum absolute atomic E-state index is 5.94. The summed E-state index contributed by atoms with van der Waals surface area (Å²) in [4.78, 5) is 4.34. The van der Waals surface area contributed by atoms with Gasteiger partial charge in [-0.25, -0.2) is 4.98 Å². The molecule has 0 radical (unpaired) electrons. The van der Waals surface area contributed by atoms with Gasteiger partial charge in [-0.05, 0) is 38.3 Å². The van der Waals surface area contributed by atoms with E-state index in [1.165, 1.54) is 0 Å². The summed E-state index contributed by atoms with van der Waals surface area (Å²) in [6, 6.07) is 1.94. The molecule has 3 N–H and O–H groups in total. The number of nitrogens with one attached hydrogen (secondary N) is 1. The maximum Gasteiger partial charge on any atom is 0.149 e. The van der Waals surface area contributed by atoms with Crippen molar-refractivity contribution >= 4 is 11.5 Å². The van der Waals surface area contributed by atoms with Gasteiger partial charge in [-0.3, -0.25) is 0 Å². The number of nitrogens with zero attached hydrogens (tertiary/aromatic N) is 1. The van der Waals surface area contributed by atoms with Gasteiger partial charge in [0.15, 0.2) is 0 Å². The lowest BCUT2D eigenvalue weighted by molar-refractivity contribution is 0.0657. The minimum atomic E-state index is 0.0502. The van der Waals surface area contributed by atoms with Crippen molar-refractivity contribution in [1.82, 2.24) is 4.98 Å². The van der Waals surface area contributed by atoms with Gasteiger partial charge in [0.2, 0.25) is 0 Å². The molecule has 2 rings (SSSR count). The zero-order valence-electron chi connectivity index (χ0n) is 9.92. The number of rotatable bonds is 2. The highest BCUT2D eigenvalue weighted by Gasteiger charge is 2.27. The zero-order valence-corrected chi connectivity index (χ0v) is 9.92. The fourth-order valence-electron chi connectivity index (χ4n) is 1.93. The molecule has 1 aromatic heterocycles. The minimum absolute atomic E-state index is 0.0502. The second-order valence-electron chi connectivity index (χ2n) is 4.75. The molecule has 2 heterocycles. The number of nitrogen functional groups attached to an aromatic ring is 1. The zero-order chi connectivity index (χ0) is 11.6. The Bertz CT molecular complexity index is 373. The predicted octanol–water partition coefficient (Wildman–Crippen LogP) is 1.95. The van der Waals surface area contributed by atoms with Gasteiger partial charge in [-0.15, -0.1) is 0 Å². The first-order valence-electron chi connectivity index (χ1n) is 5.67. The van der Waals surface area contributed by atoms with Crippen molar-refractivity contribution in [3.63, 3.8) is 0 Å². The van der Waals surface area contributed by atoms with Gasteiger partial charge in [0, 0.05) is 24.9 Å². The van der Waals surface area contributed by atoms with Crippen LogP contribution in [-0.2, 0) is 4.74 Å². The average molecular weight is 221 g/mol. The van der Waals surface area contributed by atoms with Crippen molar-refractivity contribution in [2.75, 3.05) is 24.3 Å². The number of nitrogens with two attached hydrogens (primary N) is 1. The molecule has 0 spiro atoms. The second-order valence-corrected chi connectivity index (χ2v) is 4.75. The van der Waals surface area contributed by atoms with E-state index in [2.05, 4.69) is 17.2 Å². The average Bonchev–Trinajstić information content (AvgIpc) is 2.23. The molecule has 4 heteroatoms. The SMILES string of the molecule is Cc1cnc(NC2(C)CCOCC2)c(N)c1. The molecule has 0 aromatic carbocycles. The topological polar surface area (TPSA) is 60.2 Å². The van der Waals surface area contributed by atoms with Crippen molar-refractivity contribution in [2.24, 2.45) is 0 Å². The first-order chi connectivity index (χ1) is 7.59.